The van der Waals surface area contributed by atoms with Gasteiger partial charge in [-0.15, -0.1) is 17.0 Å². The molecule has 2 rings (SSSR count). The van der Waals surface area contributed by atoms with E-state index in [9.17, 15) is 13.2 Å². The molecule has 1 heterocycles. The number of carbonyl (C=O) groups excluding carboxylic acids is 1. The molecule has 0 radical (unpaired) electrons. The molecule has 118 valence electrons. The van der Waals surface area contributed by atoms with Gasteiger partial charge < -0.3 is 5.32 Å². The molecule has 0 fully saturated rings. The molecular weight excluding hydrogens is 376 g/mol. The first-order valence-electron chi connectivity index (χ1n) is 6.56. The van der Waals surface area contributed by atoms with E-state index in [1.54, 1.807) is 18.2 Å². The van der Waals surface area contributed by atoms with E-state index in [0.717, 1.165) is 29.6 Å². The Morgan fingerprint density at radius 1 is 1.14 bits per heavy atom. The molecular formula is C13H19BrN2O3S2. The minimum Gasteiger partial charge on any atom is -0.316 e. The van der Waals surface area contributed by atoms with Crippen molar-refractivity contribution in [3.05, 3.63) is 29.8 Å². The summed E-state index contributed by atoms with van der Waals surface area (Å²) in [5.74, 6) is 0.359. The molecule has 1 amide bonds. The highest BCUT2D eigenvalue weighted by atomic mass is 79.9. The number of carbonyl (C=O) groups is 1. The Hall–Kier alpha value is -0.570. The second-order valence-electron chi connectivity index (χ2n) is 4.56. The van der Waals surface area contributed by atoms with E-state index < -0.39 is 15.9 Å². The van der Waals surface area contributed by atoms with Gasteiger partial charge in [0.25, 0.3) is 15.9 Å². The van der Waals surface area contributed by atoms with Crippen LogP contribution in [0.15, 0.2) is 29.2 Å². The number of hydrogen-bond donors (Lipinski definition) is 2. The molecule has 1 aromatic rings. The fourth-order valence-corrected chi connectivity index (χ4v) is 3.93. The van der Waals surface area contributed by atoms with Gasteiger partial charge in [0, 0.05) is 18.8 Å². The molecule has 21 heavy (non-hydrogen) atoms. The van der Waals surface area contributed by atoms with Crippen LogP contribution < -0.4 is 5.32 Å². The average Bonchev–Trinajstić information content (AvgIpc) is 2.63. The maximum atomic E-state index is 12.2. The van der Waals surface area contributed by atoms with Crippen LogP contribution in [0.25, 0.3) is 0 Å². The van der Waals surface area contributed by atoms with Gasteiger partial charge in [0.2, 0.25) is 0 Å². The zero-order valence-electron chi connectivity index (χ0n) is 11.5. The number of fused-ring (bicyclic) bond motifs is 1. The molecule has 0 aromatic heterocycles. The van der Waals surface area contributed by atoms with Crippen molar-refractivity contribution in [3.8, 4) is 0 Å². The fraction of sp³-hybridized carbons (Fsp3) is 0.462. The third kappa shape index (κ3) is 4.00. The second-order valence-corrected chi connectivity index (χ2v) is 6.84. The van der Waals surface area contributed by atoms with Crippen LogP contribution >= 0.6 is 29.6 Å². The number of nitrogens with one attached hydrogen (secondary N) is 1. The Kier molecular flexibility index (Phi) is 7.19. The lowest BCUT2D eigenvalue weighted by Gasteiger charge is -2.14. The van der Waals surface area contributed by atoms with Crippen LogP contribution in [0.4, 0.5) is 0 Å². The van der Waals surface area contributed by atoms with Crippen LogP contribution in [0, 0.1) is 0 Å². The summed E-state index contributed by atoms with van der Waals surface area (Å²) < 4.78 is 25.5. The number of unbranched alkanes of at least 4 members (excludes halogenated alkanes) is 1. The number of thiol groups is 1. The molecule has 5 nitrogen and oxygen atoms in total. The number of halogens is 1. The van der Waals surface area contributed by atoms with Crippen molar-refractivity contribution in [2.24, 2.45) is 0 Å². The van der Waals surface area contributed by atoms with Gasteiger partial charge in [-0.25, -0.2) is 12.7 Å². The number of sulfonamides is 1. The smallest absolute Gasteiger partial charge is 0.269 e. The Labute approximate surface area is 141 Å². The summed E-state index contributed by atoms with van der Waals surface area (Å²) in [5, 5.41) is 3.18. The summed E-state index contributed by atoms with van der Waals surface area (Å²) in [4.78, 5) is 12.2. The Morgan fingerprint density at radius 2 is 1.86 bits per heavy atom. The lowest BCUT2D eigenvalue weighted by atomic mass is 10.2. The van der Waals surface area contributed by atoms with Gasteiger partial charge in [-0.3, -0.25) is 4.79 Å². The summed E-state index contributed by atoms with van der Waals surface area (Å²) in [5.41, 5.74) is 0.278. The van der Waals surface area contributed by atoms with Crippen molar-refractivity contribution in [1.29, 1.82) is 0 Å². The van der Waals surface area contributed by atoms with Gasteiger partial charge in [0.05, 0.1) is 5.56 Å². The van der Waals surface area contributed by atoms with Gasteiger partial charge >= 0.3 is 0 Å². The van der Waals surface area contributed by atoms with Crippen molar-refractivity contribution >= 4 is 45.5 Å². The molecule has 0 bridgehead atoms. The van der Waals surface area contributed by atoms with Crippen LogP contribution in [0.3, 0.4) is 0 Å². The van der Waals surface area contributed by atoms with Gasteiger partial charge in [-0.2, -0.15) is 12.6 Å². The highest BCUT2D eigenvalue weighted by molar-refractivity contribution is 8.93. The number of rotatable bonds is 7. The van der Waals surface area contributed by atoms with Crippen LogP contribution in [-0.4, -0.2) is 44.0 Å². The van der Waals surface area contributed by atoms with Crippen LogP contribution in [0.2, 0.25) is 0 Å². The third-order valence-corrected chi connectivity index (χ3v) is 5.23. The zero-order chi connectivity index (χ0) is 14.6. The van der Waals surface area contributed by atoms with Gasteiger partial charge in [-0.05, 0) is 31.5 Å². The van der Waals surface area contributed by atoms with Crippen LogP contribution in [0.1, 0.15) is 23.2 Å². The minimum absolute atomic E-state index is 0. The Bertz CT molecular complexity index is 593. The first-order valence-corrected chi connectivity index (χ1v) is 8.64. The second kappa shape index (κ2) is 8.17. The van der Waals surface area contributed by atoms with Crippen molar-refractivity contribution in [1.82, 2.24) is 9.62 Å². The Balaban J connectivity index is 0.00000220. The molecule has 1 aromatic carbocycles. The van der Waals surface area contributed by atoms with Gasteiger partial charge in [-0.1, -0.05) is 12.1 Å². The molecule has 0 saturated carbocycles. The lowest BCUT2D eigenvalue weighted by molar-refractivity contribution is 0.0869. The monoisotopic (exact) mass is 394 g/mol. The van der Waals surface area contributed by atoms with Crippen molar-refractivity contribution < 1.29 is 13.2 Å². The predicted molar refractivity (Wildman–Crippen MR) is 90.9 cm³/mol. The third-order valence-electron chi connectivity index (χ3n) is 3.17. The van der Waals surface area contributed by atoms with E-state index in [2.05, 4.69) is 17.9 Å². The van der Waals surface area contributed by atoms with E-state index in [0.29, 0.717) is 6.42 Å². The van der Waals surface area contributed by atoms with Gasteiger partial charge in [0.1, 0.15) is 4.90 Å². The minimum atomic E-state index is -3.64. The summed E-state index contributed by atoms with van der Waals surface area (Å²) >= 11 is 4.09. The molecule has 0 unspecified atom stereocenters. The zero-order valence-corrected chi connectivity index (χ0v) is 14.9. The van der Waals surface area contributed by atoms with Crippen molar-refractivity contribution in [3.63, 3.8) is 0 Å². The topological polar surface area (TPSA) is 66.5 Å². The molecule has 1 N–H and O–H groups in total. The summed E-state index contributed by atoms with van der Waals surface area (Å²) in [6.45, 7) is 1.86. The largest absolute Gasteiger partial charge is 0.316 e. The van der Waals surface area contributed by atoms with Crippen LogP contribution in [0.5, 0.6) is 0 Å². The summed E-state index contributed by atoms with van der Waals surface area (Å²) in [7, 11) is -3.64. The summed E-state index contributed by atoms with van der Waals surface area (Å²) in [6, 6.07) is 6.35. The van der Waals surface area contributed by atoms with Crippen molar-refractivity contribution in [2.45, 2.75) is 17.7 Å². The standard InChI is InChI=1S/C13H18N2O3S2.BrH/c16-13-11-5-1-2-6-12(11)20(17,18)15(13)9-4-3-7-14-8-10-19;/h1-2,5-6,14,19H,3-4,7-10H2;1H. The highest BCUT2D eigenvalue weighted by Crippen LogP contribution is 2.29. The molecule has 0 atom stereocenters. The lowest BCUT2D eigenvalue weighted by Crippen LogP contribution is -2.31. The average molecular weight is 395 g/mol. The summed E-state index contributed by atoms with van der Waals surface area (Å²) in [6.07, 6.45) is 1.47. The molecule has 0 aliphatic carbocycles. The van der Waals surface area contributed by atoms with Crippen molar-refractivity contribution in [2.75, 3.05) is 25.4 Å². The fourth-order valence-electron chi connectivity index (χ4n) is 2.16. The molecule has 8 heteroatoms. The normalized spacial score (nSPS) is 15.7. The number of nitrogens with zero attached hydrogens (tertiary/aromatic N) is 1. The molecule has 0 saturated heterocycles. The quantitative estimate of drug-likeness (QED) is 0.545. The Morgan fingerprint density at radius 3 is 2.52 bits per heavy atom. The van der Waals surface area contributed by atoms with E-state index in [4.69, 9.17) is 0 Å². The number of benzene rings is 1. The molecule has 0 spiro atoms. The number of hydrogen-bond acceptors (Lipinski definition) is 5. The number of amides is 1. The van der Waals surface area contributed by atoms with Crippen LogP contribution in [-0.2, 0) is 10.0 Å². The first-order chi connectivity index (χ1) is 9.59. The highest BCUT2D eigenvalue weighted by Gasteiger charge is 2.40. The maximum absolute atomic E-state index is 12.2. The molecule has 1 aliphatic heterocycles. The van der Waals surface area contributed by atoms with Gasteiger partial charge in [0.15, 0.2) is 0 Å². The molecule has 1 aliphatic rings. The predicted octanol–water partition coefficient (Wildman–Crippen LogP) is 1.71. The first kappa shape index (κ1) is 18.5. The maximum Gasteiger partial charge on any atom is 0.269 e. The van der Waals surface area contributed by atoms with E-state index >= 15 is 0 Å². The van der Waals surface area contributed by atoms with E-state index in [-0.39, 0.29) is 34.0 Å². The van der Waals surface area contributed by atoms with E-state index in [1.807, 2.05) is 0 Å². The SMILES string of the molecule is Br.O=C1c2ccccc2S(=O)(=O)N1CCCCNCCS. The van der Waals surface area contributed by atoms with E-state index in [1.165, 1.54) is 6.07 Å².